The topological polar surface area (TPSA) is 196 Å². The summed E-state index contributed by atoms with van der Waals surface area (Å²) in [5, 5.41) is 70.1. The molecule has 12 nitrogen and oxygen atoms in total. The average Bonchev–Trinajstić information content (AvgIpc) is 3.12. The fourth-order valence-corrected chi connectivity index (χ4v) is 4.71. The van der Waals surface area contributed by atoms with Gasteiger partial charge in [-0.3, -0.25) is 0 Å². The molecule has 10 atom stereocenters. The highest BCUT2D eigenvalue weighted by atomic mass is 16.8. The van der Waals surface area contributed by atoms with E-state index in [9.17, 15) is 40.5 Å². The van der Waals surface area contributed by atoms with Crippen LogP contribution >= 0.6 is 0 Å². The average molecular weight is 484 g/mol. The second-order valence-electron chi connectivity index (χ2n) is 8.73. The number of carbonyl (C=O) groups is 1. The van der Waals surface area contributed by atoms with E-state index in [2.05, 4.69) is 0 Å². The maximum absolute atomic E-state index is 12.6. The number of esters is 1. The Morgan fingerprint density at radius 3 is 2.41 bits per heavy atom. The lowest BCUT2D eigenvalue weighted by Crippen LogP contribution is -2.61. The third-order valence-electron chi connectivity index (χ3n) is 6.58. The van der Waals surface area contributed by atoms with Crippen molar-refractivity contribution >= 4 is 5.97 Å². The van der Waals surface area contributed by atoms with E-state index in [-0.39, 0.29) is 17.7 Å². The normalized spacial score (nSPS) is 41.5. The summed E-state index contributed by atoms with van der Waals surface area (Å²) < 4.78 is 22.1. The van der Waals surface area contributed by atoms with Gasteiger partial charge in [-0.25, -0.2) is 4.79 Å². The van der Waals surface area contributed by atoms with Crippen LogP contribution in [-0.4, -0.2) is 104 Å². The van der Waals surface area contributed by atoms with Crippen LogP contribution in [0.3, 0.4) is 0 Å². The van der Waals surface area contributed by atoms with Gasteiger partial charge >= 0.3 is 5.97 Å². The van der Waals surface area contributed by atoms with Crippen molar-refractivity contribution in [3.05, 3.63) is 42.2 Å². The van der Waals surface area contributed by atoms with Crippen molar-refractivity contribution in [2.75, 3.05) is 13.2 Å². The first-order valence-electron chi connectivity index (χ1n) is 10.8. The van der Waals surface area contributed by atoms with Crippen molar-refractivity contribution in [1.82, 2.24) is 0 Å². The molecule has 2 heterocycles. The Bertz CT molecular complexity index is 888. The molecule has 1 aromatic carbocycles. The van der Waals surface area contributed by atoms with E-state index in [1.807, 2.05) is 0 Å². The molecule has 2 aliphatic heterocycles. The van der Waals surface area contributed by atoms with Gasteiger partial charge in [-0.15, -0.1) is 0 Å². The van der Waals surface area contributed by atoms with Crippen LogP contribution in [0.15, 0.2) is 36.6 Å². The summed E-state index contributed by atoms with van der Waals surface area (Å²) in [4.78, 5) is 12.6. The van der Waals surface area contributed by atoms with Crippen LogP contribution in [0.2, 0.25) is 0 Å². The Morgan fingerprint density at radius 2 is 1.76 bits per heavy atom. The number of aliphatic hydroxyl groups excluding tert-OH is 5. The quantitative estimate of drug-likeness (QED) is 0.219. The number of ether oxygens (including phenoxy) is 4. The SMILES string of the molecule is O=C(O[C@@H]1C[C@@](O)(CO)[C@H]2[C@H](O[C@@H]3O[C@H](CO)[C@@H](O)[C@H](O)[C@H]3O)OC=C[C@H]21)c1ccc(O)cc1. The minimum atomic E-state index is -1.80. The van der Waals surface area contributed by atoms with Crippen LogP contribution in [0.25, 0.3) is 0 Å². The third-order valence-corrected chi connectivity index (χ3v) is 6.58. The molecule has 0 amide bonds. The van der Waals surface area contributed by atoms with E-state index in [1.165, 1.54) is 30.5 Å². The number of benzene rings is 1. The number of fused-ring (bicyclic) bond motifs is 1. The maximum atomic E-state index is 12.6. The summed E-state index contributed by atoms with van der Waals surface area (Å²) in [6.07, 6.45) is -7.19. The highest BCUT2D eigenvalue weighted by Gasteiger charge is 2.59. The van der Waals surface area contributed by atoms with Crippen molar-refractivity contribution < 1.29 is 59.5 Å². The lowest BCUT2D eigenvalue weighted by Gasteiger charge is -2.43. The molecule has 1 aromatic rings. The highest BCUT2D eigenvalue weighted by Crippen LogP contribution is 2.48. The molecule has 0 radical (unpaired) electrons. The predicted molar refractivity (Wildman–Crippen MR) is 110 cm³/mol. The molecule has 7 N–H and O–H groups in total. The second-order valence-corrected chi connectivity index (χ2v) is 8.73. The molecule has 34 heavy (non-hydrogen) atoms. The van der Waals surface area contributed by atoms with Crippen LogP contribution in [0.5, 0.6) is 5.75 Å². The Labute approximate surface area is 194 Å². The molecular formula is C22H28O12. The molecule has 0 spiro atoms. The zero-order valence-corrected chi connectivity index (χ0v) is 18.0. The van der Waals surface area contributed by atoms with Crippen LogP contribution in [-0.2, 0) is 18.9 Å². The Balaban J connectivity index is 1.52. The lowest BCUT2D eigenvalue weighted by molar-refractivity contribution is -0.347. The van der Waals surface area contributed by atoms with Gasteiger partial charge in [-0.05, 0) is 30.3 Å². The van der Waals surface area contributed by atoms with E-state index in [0.29, 0.717) is 0 Å². The molecule has 0 bridgehead atoms. The Kier molecular flexibility index (Phi) is 7.12. The third kappa shape index (κ3) is 4.51. The number of hydrogen-bond acceptors (Lipinski definition) is 12. The van der Waals surface area contributed by atoms with E-state index < -0.39 is 79.7 Å². The summed E-state index contributed by atoms with van der Waals surface area (Å²) in [7, 11) is 0. The first kappa shape index (κ1) is 24.8. The zero-order chi connectivity index (χ0) is 24.6. The largest absolute Gasteiger partial charge is 0.508 e. The summed E-state index contributed by atoms with van der Waals surface area (Å²) in [6.45, 7) is -1.37. The van der Waals surface area contributed by atoms with Crippen molar-refractivity contribution in [3.63, 3.8) is 0 Å². The minimum Gasteiger partial charge on any atom is -0.508 e. The second kappa shape index (κ2) is 9.76. The summed E-state index contributed by atoms with van der Waals surface area (Å²) >= 11 is 0. The van der Waals surface area contributed by atoms with Gasteiger partial charge in [0.15, 0.2) is 6.29 Å². The minimum absolute atomic E-state index is 0.0207. The van der Waals surface area contributed by atoms with Crippen LogP contribution in [0.1, 0.15) is 16.8 Å². The standard InChI is InChI=1S/C22H28O12/c23-8-14-16(26)17(27)18(28)21(33-14)34-20-15-12(5-6-31-20)13(7-22(15,30)9-24)32-19(29)10-1-3-11(25)4-2-10/h1-6,12-18,20-21,23-28,30H,7-9H2/t12-,13+,14+,15+,16+,17-,18+,20-,21-,22+/m0/s1. The van der Waals surface area contributed by atoms with Gasteiger partial charge in [0.2, 0.25) is 6.29 Å². The first-order chi connectivity index (χ1) is 16.2. The maximum Gasteiger partial charge on any atom is 0.338 e. The lowest BCUT2D eigenvalue weighted by atomic mass is 9.84. The molecule has 1 saturated carbocycles. The molecule has 2 fully saturated rings. The van der Waals surface area contributed by atoms with Gasteiger partial charge in [0, 0.05) is 12.3 Å². The number of carbonyl (C=O) groups excluding carboxylic acids is 1. The summed E-state index contributed by atoms with van der Waals surface area (Å²) in [6, 6.07) is 5.42. The number of phenolic OH excluding ortho intramolecular Hbond substituents is 1. The fourth-order valence-electron chi connectivity index (χ4n) is 4.71. The molecule has 3 aliphatic rings. The van der Waals surface area contributed by atoms with Crippen LogP contribution < -0.4 is 0 Å². The zero-order valence-electron chi connectivity index (χ0n) is 18.0. The number of rotatable bonds is 6. The summed E-state index contributed by atoms with van der Waals surface area (Å²) in [5.41, 5.74) is -1.62. The number of phenols is 1. The molecule has 0 unspecified atom stereocenters. The van der Waals surface area contributed by atoms with Gasteiger partial charge < -0.3 is 54.7 Å². The molecule has 1 aliphatic carbocycles. The van der Waals surface area contributed by atoms with Gasteiger partial charge in [-0.2, -0.15) is 0 Å². The van der Waals surface area contributed by atoms with Gasteiger partial charge in [0.1, 0.15) is 41.9 Å². The van der Waals surface area contributed by atoms with Gasteiger partial charge in [0.05, 0.1) is 31.0 Å². The van der Waals surface area contributed by atoms with Crippen LogP contribution in [0.4, 0.5) is 0 Å². The number of aromatic hydroxyl groups is 1. The predicted octanol–water partition coefficient (Wildman–Crippen LogP) is -2.04. The van der Waals surface area contributed by atoms with Crippen molar-refractivity contribution in [3.8, 4) is 5.75 Å². The van der Waals surface area contributed by atoms with E-state index in [1.54, 1.807) is 6.08 Å². The Hall–Kier alpha value is -2.29. The molecule has 4 rings (SSSR count). The van der Waals surface area contributed by atoms with Crippen molar-refractivity contribution in [2.24, 2.45) is 11.8 Å². The van der Waals surface area contributed by atoms with Gasteiger partial charge in [-0.1, -0.05) is 0 Å². The molecule has 188 valence electrons. The molecule has 1 saturated heterocycles. The van der Waals surface area contributed by atoms with E-state index in [4.69, 9.17) is 18.9 Å². The van der Waals surface area contributed by atoms with E-state index in [0.717, 1.165) is 0 Å². The van der Waals surface area contributed by atoms with Gasteiger partial charge in [0.25, 0.3) is 0 Å². The molecule has 12 heteroatoms. The smallest absolute Gasteiger partial charge is 0.338 e. The molecular weight excluding hydrogens is 456 g/mol. The highest BCUT2D eigenvalue weighted by molar-refractivity contribution is 5.89. The van der Waals surface area contributed by atoms with Crippen molar-refractivity contribution in [1.29, 1.82) is 0 Å². The van der Waals surface area contributed by atoms with E-state index >= 15 is 0 Å². The van der Waals surface area contributed by atoms with Crippen LogP contribution in [0, 0.1) is 11.8 Å². The fraction of sp³-hybridized carbons (Fsp3) is 0.591. The molecule has 0 aromatic heterocycles. The summed E-state index contributed by atoms with van der Waals surface area (Å²) in [5.74, 6) is -2.33. The monoisotopic (exact) mass is 484 g/mol. The Morgan fingerprint density at radius 1 is 1.06 bits per heavy atom. The number of aliphatic hydroxyl groups is 6. The number of hydrogen-bond donors (Lipinski definition) is 7. The van der Waals surface area contributed by atoms with Crippen molar-refractivity contribution in [2.45, 2.75) is 55.1 Å². The first-order valence-corrected chi connectivity index (χ1v) is 10.8.